The fraction of sp³-hybridized carbons (Fsp3) is 0.381. The fourth-order valence-corrected chi connectivity index (χ4v) is 4.06. The summed E-state index contributed by atoms with van der Waals surface area (Å²) >= 11 is 0. The van der Waals surface area contributed by atoms with E-state index in [0.717, 1.165) is 43.1 Å². The van der Waals surface area contributed by atoms with E-state index < -0.39 is 12.3 Å². The molecule has 0 fully saturated rings. The molecular formula is C21H23F2N2O3+. The maximum absolute atomic E-state index is 12.4. The van der Waals surface area contributed by atoms with Gasteiger partial charge in [0.15, 0.2) is 6.54 Å². The molecule has 0 aliphatic carbocycles. The number of aliphatic hydroxyl groups is 1. The SMILES string of the molecule is COc1ccc(N2C3=[N+](CCCC3)C[C@]2(O)c2ccc(OC(F)F)cc2)cc1. The first-order valence-corrected chi connectivity index (χ1v) is 9.34. The Hall–Kier alpha value is -2.67. The number of amidine groups is 1. The third kappa shape index (κ3) is 3.30. The molecule has 0 bridgehead atoms. The molecule has 1 atom stereocenters. The van der Waals surface area contributed by atoms with Gasteiger partial charge in [0.1, 0.15) is 17.2 Å². The largest absolute Gasteiger partial charge is 0.497 e. The van der Waals surface area contributed by atoms with Crippen molar-refractivity contribution in [2.24, 2.45) is 0 Å². The second kappa shape index (κ2) is 7.39. The van der Waals surface area contributed by atoms with Crippen molar-refractivity contribution in [2.45, 2.75) is 31.6 Å². The van der Waals surface area contributed by atoms with Crippen molar-refractivity contribution in [1.82, 2.24) is 0 Å². The van der Waals surface area contributed by atoms with Crippen molar-refractivity contribution in [2.75, 3.05) is 25.1 Å². The Kier molecular flexibility index (Phi) is 4.93. The smallest absolute Gasteiger partial charge is 0.387 e. The van der Waals surface area contributed by atoms with Crippen LogP contribution >= 0.6 is 0 Å². The zero-order valence-corrected chi connectivity index (χ0v) is 15.6. The standard InChI is InChI=1S/C21H23F2N2O3/c1-27-17-11-7-16(8-12-17)25-19-4-2-3-13-24(19)14-21(25,26)15-5-9-18(10-6-15)28-20(22)23/h5-12,20,26H,2-4,13-14H2,1H3/q+1/t21-/m0/s1. The third-order valence-electron chi connectivity index (χ3n) is 5.36. The summed E-state index contributed by atoms with van der Waals surface area (Å²) in [6.45, 7) is -1.57. The van der Waals surface area contributed by atoms with Crippen LogP contribution in [0, 0.1) is 0 Å². The topological polar surface area (TPSA) is 44.9 Å². The lowest BCUT2D eigenvalue weighted by atomic mass is 10.0. The second-order valence-corrected chi connectivity index (χ2v) is 7.05. The molecule has 0 unspecified atom stereocenters. The molecule has 28 heavy (non-hydrogen) atoms. The summed E-state index contributed by atoms with van der Waals surface area (Å²) in [4.78, 5) is 1.95. The molecule has 1 N–H and O–H groups in total. The summed E-state index contributed by atoms with van der Waals surface area (Å²) < 4.78 is 36.8. The van der Waals surface area contributed by atoms with Crippen LogP contribution in [0.25, 0.3) is 0 Å². The lowest BCUT2D eigenvalue weighted by Crippen LogP contribution is -2.47. The number of hydrogen-bond donors (Lipinski definition) is 1. The van der Waals surface area contributed by atoms with Gasteiger partial charge >= 0.3 is 6.61 Å². The molecule has 2 aromatic rings. The monoisotopic (exact) mass is 389 g/mol. The first-order valence-electron chi connectivity index (χ1n) is 9.34. The van der Waals surface area contributed by atoms with Gasteiger partial charge in [0, 0.05) is 12.0 Å². The van der Waals surface area contributed by atoms with Crippen molar-refractivity contribution in [3.8, 4) is 11.5 Å². The van der Waals surface area contributed by atoms with Crippen LogP contribution in [-0.4, -0.2) is 42.3 Å². The van der Waals surface area contributed by atoms with Gasteiger partial charge in [-0.1, -0.05) is 0 Å². The highest BCUT2D eigenvalue weighted by atomic mass is 19.3. The number of alkyl halides is 2. The minimum Gasteiger partial charge on any atom is -0.497 e. The van der Waals surface area contributed by atoms with Crippen LogP contribution in [0.15, 0.2) is 48.5 Å². The molecule has 0 aromatic heterocycles. The second-order valence-electron chi connectivity index (χ2n) is 7.05. The Morgan fingerprint density at radius 1 is 1.04 bits per heavy atom. The summed E-state index contributed by atoms with van der Waals surface area (Å²) in [5.41, 5.74) is 0.194. The van der Waals surface area contributed by atoms with E-state index in [9.17, 15) is 13.9 Å². The van der Waals surface area contributed by atoms with E-state index in [0.29, 0.717) is 12.1 Å². The van der Waals surface area contributed by atoms with Crippen LogP contribution in [0.5, 0.6) is 11.5 Å². The molecule has 0 saturated heterocycles. The molecule has 2 aromatic carbocycles. The molecule has 148 valence electrons. The quantitative estimate of drug-likeness (QED) is 0.795. The molecule has 0 saturated carbocycles. The minimum atomic E-state index is -2.87. The first-order chi connectivity index (χ1) is 13.5. The van der Waals surface area contributed by atoms with E-state index in [1.807, 2.05) is 29.2 Å². The van der Waals surface area contributed by atoms with Crippen LogP contribution < -0.4 is 14.4 Å². The van der Waals surface area contributed by atoms with Gasteiger partial charge in [0.05, 0.1) is 13.7 Å². The average Bonchev–Trinajstić information content (AvgIpc) is 3.01. The van der Waals surface area contributed by atoms with E-state index in [2.05, 4.69) is 9.31 Å². The highest BCUT2D eigenvalue weighted by Crippen LogP contribution is 2.39. The van der Waals surface area contributed by atoms with Crippen LogP contribution in [0.1, 0.15) is 24.8 Å². The lowest BCUT2D eigenvalue weighted by Gasteiger charge is -2.29. The Labute approximate surface area is 162 Å². The van der Waals surface area contributed by atoms with Crippen LogP contribution in [0.4, 0.5) is 14.5 Å². The molecule has 4 rings (SSSR count). The lowest BCUT2D eigenvalue weighted by molar-refractivity contribution is -0.538. The summed E-state index contributed by atoms with van der Waals surface area (Å²) in [5.74, 6) is 1.89. The van der Waals surface area contributed by atoms with Gasteiger partial charge in [-0.15, -0.1) is 0 Å². The van der Waals surface area contributed by atoms with E-state index in [-0.39, 0.29) is 5.75 Å². The van der Waals surface area contributed by atoms with Gasteiger partial charge < -0.3 is 14.6 Å². The van der Waals surface area contributed by atoms with Crippen molar-refractivity contribution in [3.63, 3.8) is 0 Å². The summed E-state index contributed by atoms with van der Waals surface area (Å²) in [5, 5.41) is 11.7. The highest BCUT2D eigenvalue weighted by Gasteiger charge is 2.54. The van der Waals surface area contributed by atoms with E-state index in [4.69, 9.17) is 4.74 Å². The molecule has 7 heteroatoms. The molecule has 2 aliphatic heterocycles. The molecule has 0 spiro atoms. The van der Waals surface area contributed by atoms with Crippen molar-refractivity contribution >= 4 is 11.5 Å². The molecule has 2 heterocycles. The maximum Gasteiger partial charge on any atom is 0.387 e. The summed E-state index contributed by atoms with van der Waals surface area (Å²) in [6, 6.07) is 13.8. The number of ether oxygens (including phenoxy) is 2. The first kappa shape index (κ1) is 18.7. The average molecular weight is 389 g/mol. The molecule has 2 aliphatic rings. The summed E-state index contributed by atoms with van der Waals surface area (Å²) in [7, 11) is 1.61. The number of halogens is 2. The van der Waals surface area contributed by atoms with Gasteiger partial charge in [-0.2, -0.15) is 13.7 Å². The van der Waals surface area contributed by atoms with Gasteiger partial charge in [0.2, 0.25) is 0 Å². The van der Waals surface area contributed by atoms with Crippen LogP contribution in [0.3, 0.4) is 0 Å². The number of anilines is 1. The molecule has 5 nitrogen and oxygen atoms in total. The molecule has 0 amide bonds. The fourth-order valence-electron chi connectivity index (χ4n) is 4.06. The van der Waals surface area contributed by atoms with Gasteiger partial charge in [-0.3, -0.25) is 4.58 Å². The maximum atomic E-state index is 12.4. The highest BCUT2D eigenvalue weighted by molar-refractivity contribution is 5.97. The van der Waals surface area contributed by atoms with E-state index in [1.54, 1.807) is 19.2 Å². The number of hydrogen-bond acceptors (Lipinski definition) is 4. The van der Waals surface area contributed by atoms with Crippen molar-refractivity contribution < 1.29 is 27.9 Å². The van der Waals surface area contributed by atoms with Crippen LogP contribution in [-0.2, 0) is 5.72 Å². The van der Waals surface area contributed by atoms with Gasteiger partial charge in [0.25, 0.3) is 11.6 Å². The van der Waals surface area contributed by atoms with Crippen molar-refractivity contribution in [1.29, 1.82) is 0 Å². The Balaban J connectivity index is 1.73. The number of nitrogens with zero attached hydrogens (tertiary/aromatic N) is 2. The van der Waals surface area contributed by atoms with Crippen molar-refractivity contribution in [3.05, 3.63) is 54.1 Å². The third-order valence-corrected chi connectivity index (χ3v) is 5.36. The molecular weight excluding hydrogens is 366 g/mol. The number of rotatable bonds is 5. The van der Waals surface area contributed by atoms with E-state index >= 15 is 0 Å². The minimum absolute atomic E-state index is 0.0710. The number of methoxy groups -OCH3 is 1. The number of benzene rings is 2. The zero-order valence-electron chi connectivity index (χ0n) is 15.6. The Bertz CT molecular complexity index is 868. The molecule has 0 radical (unpaired) electrons. The normalized spacial score (nSPS) is 21.8. The zero-order chi connectivity index (χ0) is 19.7. The summed E-state index contributed by atoms with van der Waals surface area (Å²) in [6.07, 6.45) is 3.02. The van der Waals surface area contributed by atoms with E-state index in [1.165, 1.54) is 12.1 Å². The van der Waals surface area contributed by atoms with Gasteiger partial charge in [-0.05, 0) is 61.4 Å². The van der Waals surface area contributed by atoms with Gasteiger partial charge in [-0.25, -0.2) is 0 Å². The Morgan fingerprint density at radius 3 is 2.36 bits per heavy atom. The van der Waals surface area contributed by atoms with Crippen LogP contribution in [0.2, 0.25) is 0 Å². The Morgan fingerprint density at radius 2 is 1.71 bits per heavy atom. The predicted octanol–water partition coefficient (Wildman–Crippen LogP) is 3.56. The predicted molar refractivity (Wildman–Crippen MR) is 101 cm³/mol.